The van der Waals surface area contributed by atoms with Crippen LogP contribution in [0.1, 0.15) is 83.7 Å². The molecular formula is C52H66N7O7Si. The van der Waals surface area contributed by atoms with Crippen LogP contribution in [-0.2, 0) is 52.8 Å². The Morgan fingerprint density at radius 1 is 1.09 bits per heavy atom. The third-order valence-corrected chi connectivity index (χ3v) is 14.1. The lowest BCUT2D eigenvalue weighted by Crippen LogP contribution is -2.68. The van der Waals surface area contributed by atoms with Gasteiger partial charge in [0.15, 0.2) is 0 Å². The molecule has 3 radical (unpaired) electrons. The SMILES string of the molecule is CCn1c(-c2cccnc2[C@H](C)OC)c2c3cc(ccc31)-c1cccc(c1)C[C@H](NC(=O)CCOC1CN(C(=O)C#CC(C)(C)N(C)C)C1)C(=O)N1CCC[C@@](C(=O)[Si])(COCC(C)(C)C2)N1. The van der Waals surface area contributed by atoms with E-state index >= 15 is 0 Å². The van der Waals surface area contributed by atoms with Crippen molar-refractivity contribution < 1.29 is 33.4 Å². The molecule has 2 saturated heterocycles. The summed E-state index contributed by atoms with van der Waals surface area (Å²) in [6.45, 7) is 14.8. The molecule has 4 aromatic rings. The summed E-state index contributed by atoms with van der Waals surface area (Å²) in [4.78, 5) is 62.9. The van der Waals surface area contributed by atoms with E-state index in [9.17, 15) is 19.2 Å². The Kier molecular flexibility index (Phi) is 15.3. The fourth-order valence-electron chi connectivity index (χ4n) is 9.11. The van der Waals surface area contributed by atoms with Crippen molar-refractivity contribution in [2.45, 2.75) is 110 Å². The van der Waals surface area contributed by atoms with Crippen molar-refractivity contribution in [2.75, 3.05) is 60.7 Å². The highest BCUT2D eigenvalue weighted by molar-refractivity contribution is 6.60. The van der Waals surface area contributed by atoms with Gasteiger partial charge in [0, 0.05) is 68.8 Å². The lowest BCUT2D eigenvalue weighted by atomic mass is 9.84. The maximum absolute atomic E-state index is 14.6. The number of hydrogen-bond acceptors (Lipinski definition) is 10. The number of carbonyl (C=O) groups excluding carboxylic acids is 4. The minimum absolute atomic E-state index is 0.0123. The normalized spacial score (nSPS) is 20.7. The van der Waals surface area contributed by atoms with Gasteiger partial charge in [0.25, 0.3) is 11.8 Å². The minimum Gasteiger partial charge on any atom is -0.378 e. The predicted molar refractivity (Wildman–Crippen MR) is 260 cm³/mol. The van der Waals surface area contributed by atoms with Crippen LogP contribution in [0.4, 0.5) is 0 Å². The molecule has 0 spiro atoms. The first-order valence-corrected chi connectivity index (χ1v) is 23.9. The van der Waals surface area contributed by atoms with Gasteiger partial charge in [-0.1, -0.05) is 50.1 Å². The molecule has 14 nitrogen and oxygen atoms in total. The molecule has 15 heteroatoms. The molecule has 3 amide bonds. The number of ether oxygens (including phenoxy) is 3. The Hall–Kier alpha value is -5.21. The molecule has 5 heterocycles. The van der Waals surface area contributed by atoms with E-state index in [1.807, 2.05) is 64.2 Å². The summed E-state index contributed by atoms with van der Waals surface area (Å²) in [5.74, 6) is 4.81. The van der Waals surface area contributed by atoms with Crippen LogP contribution >= 0.6 is 0 Å². The average Bonchev–Trinajstić information content (AvgIpc) is 3.59. The lowest BCUT2D eigenvalue weighted by molar-refractivity contribution is -0.148. The quantitative estimate of drug-likeness (QED) is 0.151. The molecule has 6 bridgehead atoms. The Balaban J connectivity index is 1.19. The van der Waals surface area contributed by atoms with E-state index in [4.69, 9.17) is 19.2 Å². The fraction of sp³-hybridized carbons (Fsp3) is 0.519. The van der Waals surface area contributed by atoms with Gasteiger partial charge in [-0.15, -0.1) is 0 Å². The average molecular weight is 929 g/mol. The molecule has 3 aliphatic rings. The van der Waals surface area contributed by atoms with Crippen LogP contribution in [0.5, 0.6) is 0 Å². The van der Waals surface area contributed by atoms with Gasteiger partial charge in [-0.3, -0.25) is 29.3 Å². The molecule has 0 aliphatic carbocycles. The number of pyridine rings is 1. The number of hydrazine groups is 1. The second-order valence-corrected chi connectivity index (χ2v) is 20.2. The van der Waals surface area contributed by atoms with Crippen molar-refractivity contribution >= 4 is 44.3 Å². The van der Waals surface area contributed by atoms with Gasteiger partial charge in [-0.05, 0) is 119 Å². The number of methoxy groups -OCH3 is 1. The topological polar surface area (TPSA) is 148 Å². The number of hydrogen-bond donors (Lipinski definition) is 2. The minimum atomic E-state index is -1.22. The van der Waals surface area contributed by atoms with E-state index in [0.717, 1.165) is 51.1 Å². The monoisotopic (exact) mass is 928 g/mol. The van der Waals surface area contributed by atoms with Crippen molar-refractivity contribution in [1.82, 2.24) is 35.1 Å². The zero-order valence-corrected chi connectivity index (χ0v) is 41.6. The van der Waals surface area contributed by atoms with Gasteiger partial charge in [0.1, 0.15) is 27.2 Å². The Bertz CT molecular complexity index is 2560. The third kappa shape index (κ3) is 11.1. The predicted octanol–water partition coefficient (Wildman–Crippen LogP) is 5.25. The number of aryl methyl sites for hydroxylation is 1. The zero-order valence-electron chi connectivity index (χ0n) is 40.6. The van der Waals surface area contributed by atoms with Crippen molar-refractivity contribution in [2.24, 2.45) is 5.41 Å². The van der Waals surface area contributed by atoms with Crippen molar-refractivity contribution in [3.05, 3.63) is 77.6 Å². The standard InChI is InChI=1S/C52H66N7O7Si/c1-10-58-43-18-17-37-28-40(43)41(47(58)39-16-12-23-53-46(39)34(2)64-9)29-50(3,4)32-65-33-52(49(63)67)21-13-24-59(55-52)48(62)42(27-35-14-11-15-36(37)26-35)54-44(60)20-25-66-38-30-57(31-38)45(61)19-22-51(5,6)56(7)8/h11-12,14-18,23,26,28,34,38,42,55H,10,13,20-21,24-25,27,29-33H2,1-9H3,(H,54,60)/t34-,42-,52-/m0/s1. The summed E-state index contributed by atoms with van der Waals surface area (Å²) in [6, 6.07) is 17.8. The van der Waals surface area contributed by atoms with Gasteiger partial charge in [-0.25, -0.2) is 5.43 Å². The van der Waals surface area contributed by atoms with E-state index in [1.165, 1.54) is 10.6 Å². The smallest absolute Gasteiger partial charge is 0.298 e. The highest BCUT2D eigenvalue weighted by Crippen LogP contribution is 2.42. The van der Waals surface area contributed by atoms with Crippen LogP contribution in [0.25, 0.3) is 33.3 Å². The first-order chi connectivity index (χ1) is 31.8. The van der Waals surface area contributed by atoms with E-state index < -0.39 is 22.5 Å². The second kappa shape index (κ2) is 20.6. The Morgan fingerprint density at radius 3 is 2.57 bits per heavy atom. The van der Waals surface area contributed by atoms with Crippen LogP contribution in [0.15, 0.2) is 60.8 Å². The third-order valence-electron chi connectivity index (χ3n) is 13.6. The zero-order chi connectivity index (χ0) is 48.3. The number of aromatic nitrogens is 2. The Labute approximate surface area is 398 Å². The molecular weight excluding hydrogens is 863 g/mol. The van der Waals surface area contributed by atoms with Crippen LogP contribution in [0, 0.1) is 17.3 Å². The first kappa shape index (κ1) is 49.7. The van der Waals surface area contributed by atoms with Crippen molar-refractivity contribution in [3.8, 4) is 34.2 Å². The summed E-state index contributed by atoms with van der Waals surface area (Å²) in [5.41, 5.74) is 9.29. The first-order valence-electron chi connectivity index (χ1n) is 23.4. The number of fused-ring (bicyclic) bond motifs is 6. The molecule has 0 saturated carbocycles. The number of likely N-dealkylation sites (tertiary alicyclic amines) is 1. The molecule has 3 aliphatic heterocycles. The lowest BCUT2D eigenvalue weighted by Gasteiger charge is -2.43. The van der Waals surface area contributed by atoms with E-state index in [1.54, 1.807) is 12.0 Å². The molecule has 3 atom stereocenters. The van der Waals surface area contributed by atoms with Crippen molar-refractivity contribution in [1.29, 1.82) is 0 Å². The summed E-state index contributed by atoms with van der Waals surface area (Å²) in [7, 11) is 8.87. The highest BCUT2D eigenvalue weighted by atomic mass is 28.1. The molecule has 355 valence electrons. The van der Waals surface area contributed by atoms with Crippen LogP contribution in [0.3, 0.4) is 0 Å². The Morgan fingerprint density at radius 2 is 1.85 bits per heavy atom. The van der Waals surface area contributed by atoms with Gasteiger partial charge in [-0.2, -0.15) is 0 Å². The van der Waals surface area contributed by atoms with E-state index in [0.29, 0.717) is 45.5 Å². The molecule has 2 aromatic heterocycles. The van der Waals surface area contributed by atoms with E-state index in [2.05, 4.69) is 94.6 Å². The van der Waals surface area contributed by atoms with Crippen LogP contribution < -0.4 is 10.7 Å². The van der Waals surface area contributed by atoms with E-state index in [-0.39, 0.29) is 61.4 Å². The molecule has 0 unspecified atom stereocenters. The molecule has 67 heavy (non-hydrogen) atoms. The fourth-order valence-corrected chi connectivity index (χ4v) is 9.36. The van der Waals surface area contributed by atoms with Gasteiger partial charge < -0.3 is 33.8 Å². The van der Waals surface area contributed by atoms with Gasteiger partial charge in [0.2, 0.25) is 5.91 Å². The maximum Gasteiger partial charge on any atom is 0.298 e. The number of nitrogens with one attached hydrogen (secondary N) is 2. The second-order valence-electron chi connectivity index (χ2n) is 19.7. The molecule has 2 fully saturated rings. The van der Waals surface area contributed by atoms with Crippen LogP contribution in [0.2, 0.25) is 0 Å². The summed E-state index contributed by atoms with van der Waals surface area (Å²) >= 11 is 0. The summed E-state index contributed by atoms with van der Waals surface area (Å²) < 4.78 is 20.7. The maximum atomic E-state index is 14.6. The highest BCUT2D eigenvalue weighted by Gasteiger charge is 2.43. The molecule has 7 rings (SSSR count). The van der Waals surface area contributed by atoms with Gasteiger partial charge >= 0.3 is 0 Å². The number of nitrogens with zero attached hydrogens (tertiary/aromatic N) is 5. The van der Waals surface area contributed by atoms with Crippen molar-refractivity contribution in [3.63, 3.8) is 0 Å². The summed E-state index contributed by atoms with van der Waals surface area (Å²) in [5, 5.41) is 5.29. The number of amides is 3. The number of benzene rings is 2. The van der Waals surface area contributed by atoms with Gasteiger partial charge in [0.05, 0.1) is 49.0 Å². The number of carbonyl (C=O) groups is 4. The number of rotatable bonds is 11. The van der Waals surface area contributed by atoms with Crippen LogP contribution in [-0.4, -0.2) is 142 Å². The largest absolute Gasteiger partial charge is 0.378 e. The molecule has 2 aromatic carbocycles. The summed E-state index contributed by atoms with van der Waals surface area (Å²) in [6.07, 6.45) is 3.22. The molecule has 2 N–H and O–H groups in total.